The predicted octanol–water partition coefficient (Wildman–Crippen LogP) is 4.39. The van der Waals surface area contributed by atoms with Crippen LogP contribution in [0.15, 0.2) is 58.7 Å². The lowest BCUT2D eigenvalue weighted by molar-refractivity contribution is -0.139. The molecule has 0 aliphatic carbocycles. The van der Waals surface area contributed by atoms with Crippen molar-refractivity contribution in [2.24, 2.45) is 10.9 Å². The third-order valence-corrected chi connectivity index (χ3v) is 6.41. The minimum absolute atomic E-state index is 0.0562. The van der Waals surface area contributed by atoms with Crippen molar-refractivity contribution in [2.75, 3.05) is 13.1 Å². The van der Waals surface area contributed by atoms with E-state index in [2.05, 4.69) is 4.99 Å². The van der Waals surface area contributed by atoms with E-state index in [1.54, 1.807) is 19.9 Å². The molecular formula is C24H22ClFN2O3. The molecule has 2 unspecified atom stereocenters. The van der Waals surface area contributed by atoms with Crippen LogP contribution in [0.3, 0.4) is 0 Å². The van der Waals surface area contributed by atoms with E-state index in [-0.39, 0.29) is 28.5 Å². The largest absolute Gasteiger partial charge is 0.481 e. The van der Waals surface area contributed by atoms with E-state index in [1.807, 2.05) is 35.2 Å². The number of aryl methyl sites for hydroxylation is 1. The number of rotatable bonds is 4. The normalized spacial score (nSPS) is 21.7. The van der Waals surface area contributed by atoms with E-state index in [9.17, 15) is 19.1 Å². The van der Waals surface area contributed by atoms with Crippen LogP contribution in [0.1, 0.15) is 29.5 Å². The number of aliphatic imine (C=N–C) groups is 1. The Hall–Kier alpha value is -2.83. The summed E-state index contributed by atoms with van der Waals surface area (Å²) in [6.45, 7) is 4.38. The number of hydrogen-bond donors (Lipinski definition) is 1. The van der Waals surface area contributed by atoms with Crippen molar-refractivity contribution in [2.45, 2.75) is 26.3 Å². The fourth-order valence-corrected chi connectivity index (χ4v) is 4.76. The van der Waals surface area contributed by atoms with Crippen LogP contribution in [0.4, 0.5) is 4.39 Å². The van der Waals surface area contributed by atoms with Gasteiger partial charge >= 0.3 is 5.97 Å². The Morgan fingerprint density at radius 3 is 2.58 bits per heavy atom. The summed E-state index contributed by atoms with van der Waals surface area (Å²) in [6, 6.07) is 12.6. The topological polar surface area (TPSA) is 70.0 Å². The van der Waals surface area contributed by atoms with Gasteiger partial charge in [-0.25, -0.2) is 4.39 Å². The summed E-state index contributed by atoms with van der Waals surface area (Å²) in [5.74, 6) is -4.19. The van der Waals surface area contributed by atoms with Gasteiger partial charge in [0, 0.05) is 35.9 Å². The van der Waals surface area contributed by atoms with Crippen molar-refractivity contribution < 1.29 is 19.1 Å². The average Bonchev–Trinajstić information content (AvgIpc) is 2.71. The maximum atomic E-state index is 15.0. The lowest BCUT2D eigenvalue weighted by atomic mass is 9.73. The van der Waals surface area contributed by atoms with Gasteiger partial charge in [0.1, 0.15) is 11.7 Å². The summed E-state index contributed by atoms with van der Waals surface area (Å²) in [7, 11) is 0. The van der Waals surface area contributed by atoms with E-state index in [1.165, 1.54) is 6.07 Å². The predicted molar refractivity (Wildman–Crippen MR) is 117 cm³/mol. The molecule has 5 nitrogen and oxygen atoms in total. The molecule has 0 aromatic heterocycles. The second-order valence-corrected chi connectivity index (χ2v) is 8.43. The first kappa shape index (κ1) is 21.4. The van der Waals surface area contributed by atoms with Crippen LogP contribution in [0.25, 0.3) is 0 Å². The highest BCUT2D eigenvalue weighted by molar-refractivity contribution is 6.32. The number of carbonyl (C=O) groups excluding carboxylic acids is 1. The fourth-order valence-electron chi connectivity index (χ4n) is 4.49. The van der Waals surface area contributed by atoms with Gasteiger partial charge in [0.15, 0.2) is 5.78 Å². The van der Waals surface area contributed by atoms with E-state index in [4.69, 9.17) is 11.6 Å². The minimum Gasteiger partial charge on any atom is -0.481 e. The number of carboxylic acids is 1. The van der Waals surface area contributed by atoms with Crippen molar-refractivity contribution in [3.63, 3.8) is 0 Å². The Morgan fingerprint density at radius 1 is 1.19 bits per heavy atom. The summed E-state index contributed by atoms with van der Waals surface area (Å²) in [6.07, 6.45) is 0. The van der Waals surface area contributed by atoms with Crippen molar-refractivity contribution >= 4 is 29.1 Å². The van der Waals surface area contributed by atoms with Gasteiger partial charge in [-0.3, -0.25) is 19.5 Å². The molecule has 0 bridgehead atoms. The standard InChI is InChI=1S/C24H22ClFN2O3/c1-13-8-9-16(26)20(23(13)25)22-19(24(30)31)14(2)27-17-11-28(12-18(29)21(17)22)10-15-6-4-3-5-7-15/h3-9,19,22H,10-12H2,1-2H3,(H,30,31). The van der Waals surface area contributed by atoms with Crippen molar-refractivity contribution in [3.8, 4) is 0 Å². The third kappa shape index (κ3) is 3.93. The number of Topliss-reactive ketones (excluding diaryl/α,β-unsaturated/α-hetero) is 1. The van der Waals surface area contributed by atoms with Crippen LogP contribution in [0.5, 0.6) is 0 Å². The Balaban J connectivity index is 1.81. The second kappa shape index (κ2) is 8.36. The molecule has 2 heterocycles. The molecule has 0 amide bonds. The van der Waals surface area contributed by atoms with Gasteiger partial charge in [-0.1, -0.05) is 48.0 Å². The highest BCUT2D eigenvalue weighted by Crippen LogP contribution is 2.45. The number of hydrogen-bond acceptors (Lipinski definition) is 4. The Labute approximate surface area is 184 Å². The SMILES string of the molecule is CC1=NC2=C(C(=O)CN(Cc3ccccc3)C2)C(c2c(F)ccc(C)c2Cl)C1C(=O)O. The first-order valence-corrected chi connectivity index (χ1v) is 10.4. The van der Waals surface area contributed by atoms with Gasteiger partial charge in [0.05, 0.1) is 17.3 Å². The van der Waals surface area contributed by atoms with Gasteiger partial charge in [0.25, 0.3) is 0 Å². The molecule has 0 radical (unpaired) electrons. The molecule has 2 aromatic rings. The summed E-state index contributed by atoms with van der Waals surface area (Å²) in [4.78, 5) is 31.9. The van der Waals surface area contributed by atoms with Crippen molar-refractivity contribution in [1.82, 2.24) is 4.90 Å². The minimum atomic E-state index is -1.16. The van der Waals surface area contributed by atoms with Gasteiger partial charge in [-0.2, -0.15) is 0 Å². The van der Waals surface area contributed by atoms with E-state index >= 15 is 0 Å². The maximum Gasteiger partial charge on any atom is 0.313 e. The quantitative estimate of drug-likeness (QED) is 0.765. The zero-order chi connectivity index (χ0) is 22.3. The molecule has 0 saturated heterocycles. The highest BCUT2D eigenvalue weighted by atomic mass is 35.5. The van der Waals surface area contributed by atoms with Crippen LogP contribution < -0.4 is 0 Å². The third-order valence-electron chi connectivity index (χ3n) is 5.90. The number of aliphatic carboxylic acids is 1. The van der Waals surface area contributed by atoms with Gasteiger partial charge in [-0.05, 0) is 31.0 Å². The molecule has 0 fully saturated rings. The molecule has 4 rings (SSSR count). The first-order chi connectivity index (χ1) is 14.8. The number of carbonyl (C=O) groups is 2. The van der Waals surface area contributed by atoms with Crippen LogP contribution in [-0.4, -0.2) is 40.6 Å². The van der Waals surface area contributed by atoms with Gasteiger partial charge < -0.3 is 5.11 Å². The van der Waals surface area contributed by atoms with Crippen LogP contribution >= 0.6 is 11.6 Å². The lowest BCUT2D eigenvalue weighted by Crippen LogP contribution is -2.44. The summed E-state index contributed by atoms with van der Waals surface area (Å²) in [5.41, 5.74) is 2.82. The molecular weight excluding hydrogens is 419 g/mol. The summed E-state index contributed by atoms with van der Waals surface area (Å²) in [5, 5.41) is 10.1. The van der Waals surface area contributed by atoms with Crippen LogP contribution in [-0.2, 0) is 16.1 Å². The Morgan fingerprint density at radius 2 is 1.90 bits per heavy atom. The zero-order valence-electron chi connectivity index (χ0n) is 17.2. The molecule has 7 heteroatoms. The fraction of sp³-hybridized carbons (Fsp3) is 0.292. The van der Waals surface area contributed by atoms with E-state index in [0.717, 1.165) is 5.56 Å². The summed E-state index contributed by atoms with van der Waals surface area (Å²) < 4.78 is 15.0. The monoisotopic (exact) mass is 440 g/mol. The molecule has 160 valence electrons. The molecule has 31 heavy (non-hydrogen) atoms. The van der Waals surface area contributed by atoms with Gasteiger partial charge in [-0.15, -0.1) is 0 Å². The van der Waals surface area contributed by atoms with Crippen molar-refractivity contribution in [3.05, 3.63) is 81.3 Å². The zero-order valence-corrected chi connectivity index (χ0v) is 18.0. The Kier molecular flexibility index (Phi) is 5.77. The van der Waals surface area contributed by atoms with Crippen LogP contribution in [0.2, 0.25) is 5.02 Å². The van der Waals surface area contributed by atoms with Gasteiger partial charge in [0.2, 0.25) is 0 Å². The van der Waals surface area contributed by atoms with Crippen molar-refractivity contribution in [1.29, 1.82) is 0 Å². The average molecular weight is 441 g/mol. The summed E-state index contributed by atoms with van der Waals surface area (Å²) >= 11 is 6.45. The number of benzene rings is 2. The van der Waals surface area contributed by atoms with Crippen LogP contribution in [0, 0.1) is 18.7 Å². The molecule has 2 atom stereocenters. The highest BCUT2D eigenvalue weighted by Gasteiger charge is 2.45. The number of halogens is 2. The molecule has 2 aromatic carbocycles. The number of nitrogens with zero attached hydrogens (tertiary/aromatic N) is 2. The van der Waals surface area contributed by atoms with E-state index in [0.29, 0.717) is 30.1 Å². The lowest BCUT2D eigenvalue weighted by Gasteiger charge is -2.37. The van der Waals surface area contributed by atoms with E-state index < -0.39 is 23.6 Å². The smallest absolute Gasteiger partial charge is 0.313 e. The molecule has 2 aliphatic heterocycles. The molecule has 0 spiro atoms. The second-order valence-electron chi connectivity index (χ2n) is 8.05. The molecule has 0 saturated carbocycles. The first-order valence-electron chi connectivity index (χ1n) is 10.0. The number of carboxylic acid groups (broad SMARTS) is 1. The Bertz CT molecular complexity index is 1130. The number of ketones is 1. The molecule has 1 N–H and O–H groups in total. The molecule has 2 aliphatic rings. The maximum absolute atomic E-state index is 15.0.